The minimum atomic E-state index is -0.00366. The van der Waals surface area contributed by atoms with Gasteiger partial charge in [0.15, 0.2) is 5.43 Å². The van der Waals surface area contributed by atoms with Crippen LogP contribution < -0.4 is 11.2 Å². The summed E-state index contributed by atoms with van der Waals surface area (Å²) in [5.41, 5.74) is 6.96. The van der Waals surface area contributed by atoms with Crippen molar-refractivity contribution in [3.05, 3.63) is 40.7 Å². The molecule has 0 saturated carbocycles. The van der Waals surface area contributed by atoms with E-state index in [9.17, 15) is 4.79 Å². The molecule has 1 aromatic carbocycles. The Morgan fingerprint density at radius 1 is 1.14 bits per heavy atom. The number of nitrogens with two attached hydrogens (primary N) is 1. The van der Waals surface area contributed by atoms with E-state index >= 15 is 0 Å². The highest BCUT2D eigenvalue weighted by Crippen LogP contribution is 2.10. The van der Waals surface area contributed by atoms with Gasteiger partial charge in [0.1, 0.15) is 0 Å². The van der Waals surface area contributed by atoms with E-state index < -0.39 is 0 Å². The third-order valence-corrected chi connectivity index (χ3v) is 1.78. The minimum Gasteiger partial charge on any atom is -0.399 e. The molecule has 0 saturated heterocycles. The molecule has 0 atom stereocenters. The fourth-order valence-corrected chi connectivity index (χ4v) is 1.19. The first-order chi connectivity index (χ1) is 5.77. The summed E-state index contributed by atoms with van der Waals surface area (Å²) < 4.78 is 0. The van der Waals surface area contributed by atoms with E-state index in [1.807, 2.05) is 0 Å². The fraction of sp³-hybridized carbons (Fsp3) is 0. The number of hydrogen-bond acceptors (Lipinski definition) is 2. The van der Waals surface area contributed by atoms with E-state index in [1.165, 1.54) is 6.07 Å². The second-order valence-corrected chi connectivity index (χ2v) is 2.65. The molecule has 0 bridgehead atoms. The number of H-pyrrole nitrogens is 1. The maximum Gasteiger partial charge on any atom is 0.189 e. The molecule has 0 radical (unpaired) electrons. The number of hydrogen-bond donors (Lipinski definition) is 2. The molecule has 14 heavy (non-hydrogen) atoms. The molecule has 2 aromatic rings. The van der Waals surface area contributed by atoms with Crippen molar-refractivity contribution in [3.8, 4) is 0 Å². The SMILES string of the molecule is Cl.Cl.Nc1ccc2[nH]ccc(=O)c2c1. The van der Waals surface area contributed by atoms with Gasteiger partial charge < -0.3 is 10.7 Å². The van der Waals surface area contributed by atoms with Gasteiger partial charge in [0, 0.05) is 28.9 Å². The van der Waals surface area contributed by atoms with Gasteiger partial charge in [0.05, 0.1) is 0 Å². The highest BCUT2D eigenvalue weighted by molar-refractivity contribution is 5.85. The summed E-state index contributed by atoms with van der Waals surface area (Å²) in [4.78, 5) is 14.2. The molecule has 76 valence electrons. The highest BCUT2D eigenvalue weighted by atomic mass is 35.5. The standard InChI is InChI=1S/C9H8N2O.2ClH/c10-6-1-2-8-7(5-6)9(12)3-4-11-8;;/h1-5H,10H2,(H,11,12);2*1H. The van der Waals surface area contributed by atoms with Crippen molar-refractivity contribution in [3.63, 3.8) is 0 Å². The van der Waals surface area contributed by atoms with Gasteiger partial charge in [-0.25, -0.2) is 0 Å². The average molecular weight is 233 g/mol. The van der Waals surface area contributed by atoms with E-state index in [1.54, 1.807) is 24.4 Å². The summed E-state index contributed by atoms with van der Waals surface area (Å²) in [5.74, 6) is 0. The molecule has 0 aliphatic carbocycles. The topological polar surface area (TPSA) is 58.9 Å². The highest BCUT2D eigenvalue weighted by Gasteiger charge is 1.96. The Kier molecular flexibility index (Phi) is 4.47. The quantitative estimate of drug-likeness (QED) is 0.683. The second kappa shape index (κ2) is 4.88. The van der Waals surface area contributed by atoms with Crippen LogP contribution >= 0.6 is 24.8 Å². The Morgan fingerprint density at radius 3 is 2.57 bits per heavy atom. The zero-order chi connectivity index (χ0) is 8.55. The molecule has 1 aromatic heterocycles. The Balaban J connectivity index is 0.000000845. The Morgan fingerprint density at radius 2 is 1.86 bits per heavy atom. The number of benzene rings is 1. The molecule has 0 aliphatic heterocycles. The third kappa shape index (κ3) is 2.19. The van der Waals surface area contributed by atoms with Crippen LogP contribution in [0.25, 0.3) is 10.9 Å². The molecule has 0 spiro atoms. The fourth-order valence-electron chi connectivity index (χ4n) is 1.19. The van der Waals surface area contributed by atoms with Crippen LogP contribution in [-0.2, 0) is 0 Å². The predicted molar refractivity (Wildman–Crippen MR) is 63.5 cm³/mol. The second-order valence-electron chi connectivity index (χ2n) is 2.65. The normalized spacial score (nSPS) is 8.86. The largest absolute Gasteiger partial charge is 0.399 e. The monoisotopic (exact) mass is 232 g/mol. The Hall–Kier alpha value is -1.19. The predicted octanol–water partition coefficient (Wildman–Crippen LogP) is 1.95. The molecular formula is C9H10Cl2N2O. The number of rotatable bonds is 0. The van der Waals surface area contributed by atoms with Crippen LogP contribution in [0, 0.1) is 0 Å². The number of aromatic nitrogens is 1. The van der Waals surface area contributed by atoms with Crippen molar-refractivity contribution in [2.24, 2.45) is 0 Å². The summed E-state index contributed by atoms with van der Waals surface area (Å²) in [5, 5.41) is 0.637. The summed E-state index contributed by atoms with van der Waals surface area (Å²) in [6, 6.07) is 6.72. The van der Waals surface area contributed by atoms with Crippen molar-refractivity contribution in [1.29, 1.82) is 0 Å². The van der Waals surface area contributed by atoms with Gasteiger partial charge >= 0.3 is 0 Å². The Labute approximate surface area is 93.1 Å². The molecule has 3 N–H and O–H groups in total. The van der Waals surface area contributed by atoms with E-state index in [2.05, 4.69) is 4.98 Å². The van der Waals surface area contributed by atoms with E-state index in [4.69, 9.17) is 5.73 Å². The number of halogens is 2. The van der Waals surface area contributed by atoms with E-state index in [0.717, 1.165) is 5.52 Å². The number of pyridine rings is 1. The molecular weight excluding hydrogens is 223 g/mol. The average Bonchev–Trinajstić information content (AvgIpc) is 2.07. The first kappa shape index (κ1) is 12.8. The smallest absolute Gasteiger partial charge is 0.189 e. The molecule has 5 heteroatoms. The van der Waals surface area contributed by atoms with Gasteiger partial charge in [0.2, 0.25) is 0 Å². The lowest BCUT2D eigenvalue weighted by molar-refractivity contribution is 1.39. The molecule has 0 unspecified atom stereocenters. The molecule has 1 heterocycles. The lowest BCUT2D eigenvalue weighted by atomic mass is 10.2. The number of aromatic amines is 1. The molecule has 2 rings (SSSR count). The van der Waals surface area contributed by atoms with Gasteiger partial charge in [-0.2, -0.15) is 0 Å². The maximum atomic E-state index is 11.3. The zero-order valence-electron chi connectivity index (χ0n) is 7.19. The number of nitrogens with one attached hydrogen (secondary N) is 1. The first-order valence-electron chi connectivity index (χ1n) is 3.64. The van der Waals surface area contributed by atoms with Crippen LogP contribution in [0.4, 0.5) is 5.69 Å². The van der Waals surface area contributed by atoms with Crippen molar-refractivity contribution < 1.29 is 0 Å². The maximum absolute atomic E-state index is 11.3. The summed E-state index contributed by atoms with van der Waals surface area (Å²) in [6.45, 7) is 0. The first-order valence-corrected chi connectivity index (χ1v) is 3.64. The van der Waals surface area contributed by atoms with Crippen molar-refractivity contribution in [2.45, 2.75) is 0 Å². The van der Waals surface area contributed by atoms with Crippen molar-refractivity contribution in [2.75, 3.05) is 5.73 Å². The van der Waals surface area contributed by atoms with Gasteiger partial charge in [-0.15, -0.1) is 24.8 Å². The third-order valence-electron chi connectivity index (χ3n) is 1.78. The lowest BCUT2D eigenvalue weighted by Crippen LogP contribution is -2.00. The number of nitrogen functional groups attached to an aromatic ring is 1. The number of fused-ring (bicyclic) bond motifs is 1. The molecule has 0 aliphatic rings. The minimum absolute atomic E-state index is 0. The summed E-state index contributed by atoms with van der Waals surface area (Å²) in [7, 11) is 0. The van der Waals surface area contributed by atoms with Crippen LogP contribution in [0.3, 0.4) is 0 Å². The van der Waals surface area contributed by atoms with Gasteiger partial charge in [0.25, 0.3) is 0 Å². The molecule has 0 fully saturated rings. The summed E-state index contributed by atoms with van der Waals surface area (Å²) >= 11 is 0. The Bertz CT molecular complexity index is 481. The number of anilines is 1. The lowest BCUT2D eigenvalue weighted by Gasteiger charge is -1.96. The van der Waals surface area contributed by atoms with Gasteiger partial charge in [-0.05, 0) is 18.2 Å². The van der Waals surface area contributed by atoms with Crippen molar-refractivity contribution >= 4 is 41.4 Å². The van der Waals surface area contributed by atoms with Crippen molar-refractivity contribution in [1.82, 2.24) is 4.98 Å². The van der Waals surface area contributed by atoms with Gasteiger partial charge in [-0.1, -0.05) is 0 Å². The van der Waals surface area contributed by atoms with Crippen LogP contribution in [0.5, 0.6) is 0 Å². The van der Waals surface area contributed by atoms with Crippen LogP contribution in [0.15, 0.2) is 35.3 Å². The molecule has 0 amide bonds. The zero-order valence-corrected chi connectivity index (χ0v) is 8.82. The summed E-state index contributed by atoms with van der Waals surface area (Å²) in [6.07, 6.45) is 1.63. The van der Waals surface area contributed by atoms with Gasteiger partial charge in [-0.3, -0.25) is 4.79 Å². The van der Waals surface area contributed by atoms with E-state index in [-0.39, 0.29) is 30.2 Å². The van der Waals surface area contributed by atoms with Crippen LogP contribution in [-0.4, -0.2) is 4.98 Å². The van der Waals surface area contributed by atoms with Crippen LogP contribution in [0.2, 0.25) is 0 Å². The molecule has 3 nitrogen and oxygen atoms in total. The van der Waals surface area contributed by atoms with Crippen LogP contribution in [0.1, 0.15) is 0 Å². The van der Waals surface area contributed by atoms with E-state index in [0.29, 0.717) is 11.1 Å².